The maximum Gasteiger partial charge on any atom is 0.345 e. The average molecular weight is 401 g/mol. The van der Waals surface area contributed by atoms with E-state index in [-0.39, 0.29) is 16.3 Å². The highest BCUT2D eigenvalue weighted by Crippen LogP contribution is 2.42. The van der Waals surface area contributed by atoms with Crippen LogP contribution < -0.4 is 10.3 Å². The second-order valence-electron chi connectivity index (χ2n) is 6.69. The number of esters is 2. The molecule has 7 nitrogen and oxygen atoms in total. The molecule has 0 radical (unpaired) electrons. The number of pyridine rings is 1. The van der Waals surface area contributed by atoms with Crippen molar-refractivity contribution in [3.8, 4) is 5.75 Å². The zero-order chi connectivity index (χ0) is 20.0. The van der Waals surface area contributed by atoms with E-state index in [4.69, 9.17) is 21.1 Å². The molecule has 2 aromatic heterocycles. The number of hydrogen-bond acceptors (Lipinski definition) is 5. The average Bonchev–Trinajstić information content (AvgIpc) is 3.46. The molecule has 0 amide bonds. The Bertz CT molecular complexity index is 1170. The number of aromatic nitrogens is 2. The zero-order valence-corrected chi connectivity index (χ0v) is 16.0. The molecule has 0 spiro atoms. The normalized spacial score (nSPS) is 13.5. The molecule has 1 N–H and O–H groups in total. The van der Waals surface area contributed by atoms with Crippen molar-refractivity contribution < 1.29 is 19.1 Å². The Balaban J connectivity index is 1.74. The van der Waals surface area contributed by atoms with Crippen molar-refractivity contribution in [2.45, 2.75) is 25.8 Å². The van der Waals surface area contributed by atoms with Gasteiger partial charge in [0.15, 0.2) is 0 Å². The van der Waals surface area contributed by atoms with Crippen LogP contribution in [0.2, 0.25) is 5.02 Å². The summed E-state index contributed by atoms with van der Waals surface area (Å²) in [5.74, 6) is -0.828. The van der Waals surface area contributed by atoms with Gasteiger partial charge in [-0.15, -0.1) is 0 Å². The highest BCUT2D eigenvalue weighted by atomic mass is 35.5. The summed E-state index contributed by atoms with van der Waals surface area (Å²) in [6.07, 6.45) is 3.37. The minimum Gasteiger partial charge on any atom is -0.465 e. The standard InChI is InChI=1S/C20H17ClN2O5/c1-10-17(20(26)27-2)14-8-13(5-6-16(14)23(10)12-3-4-12)28-19(25)11-7-15(21)18(24)22-9-11/h5-9,12H,3-4H2,1-2H3,(H,22,24). The minimum absolute atomic E-state index is 0.102. The lowest BCUT2D eigenvalue weighted by atomic mass is 10.1. The van der Waals surface area contributed by atoms with Crippen molar-refractivity contribution in [3.05, 3.63) is 62.7 Å². The van der Waals surface area contributed by atoms with E-state index < -0.39 is 17.5 Å². The first-order chi connectivity index (χ1) is 13.4. The van der Waals surface area contributed by atoms with Gasteiger partial charge in [-0.2, -0.15) is 0 Å². The Morgan fingerprint density at radius 2 is 1.96 bits per heavy atom. The lowest BCUT2D eigenvalue weighted by Crippen LogP contribution is -2.13. The van der Waals surface area contributed by atoms with Crippen molar-refractivity contribution in [2.75, 3.05) is 7.11 Å². The highest BCUT2D eigenvalue weighted by molar-refractivity contribution is 6.30. The van der Waals surface area contributed by atoms with Crippen LogP contribution in [-0.4, -0.2) is 28.6 Å². The van der Waals surface area contributed by atoms with Crippen LogP contribution >= 0.6 is 11.6 Å². The fraction of sp³-hybridized carbons (Fsp3) is 0.250. The molecular weight excluding hydrogens is 384 g/mol. The molecule has 1 aromatic carbocycles. The Morgan fingerprint density at radius 3 is 2.61 bits per heavy atom. The number of aromatic amines is 1. The number of rotatable bonds is 4. The van der Waals surface area contributed by atoms with Gasteiger partial charge in [-0.25, -0.2) is 9.59 Å². The van der Waals surface area contributed by atoms with Gasteiger partial charge in [0, 0.05) is 28.8 Å². The molecule has 0 aliphatic heterocycles. The third-order valence-electron chi connectivity index (χ3n) is 4.83. The maximum atomic E-state index is 12.4. The number of ether oxygens (including phenoxy) is 2. The van der Waals surface area contributed by atoms with Gasteiger partial charge < -0.3 is 19.0 Å². The van der Waals surface area contributed by atoms with Crippen LogP contribution in [-0.2, 0) is 4.74 Å². The summed E-state index contributed by atoms with van der Waals surface area (Å²) in [5, 5.41) is 0.566. The fourth-order valence-electron chi connectivity index (χ4n) is 3.39. The summed E-state index contributed by atoms with van der Waals surface area (Å²) >= 11 is 5.76. The molecule has 8 heteroatoms. The van der Waals surface area contributed by atoms with E-state index in [9.17, 15) is 14.4 Å². The Hall–Kier alpha value is -3.06. The lowest BCUT2D eigenvalue weighted by Gasteiger charge is -2.07. The van der Waals surface area contributed by atoms with Gasteiger partial charge >= 0.3 is 11.9 Å². The van der Waals surface area contributed by atoms with Gasteiger partial charge in [-0.3, -0.25) is 4.79 Å². The Morgan fingerprint density at radius 1 is 1.21 bits per heavy atom. The fourth-order valence-corrected chi connectivity index (χ4v) is 3.56. The van der Waals surface area contributed by atoms with Crippen molar-refractivity contribution in [1.82, 2.24) is 9.55 Å². The molecule has 4 rings (SSSR count). The Labute approximate surface area is 164 Å². The summed E-state index contributed by atoms with van der Waals surface area (Å²) in [5.41, 5.74) is 1.82. The van der Waals surface area contributed by atoms with Crippen LogP contribution in [0.15, 0.2) is 35.3 Å². The SMILES string of the molecule is COC(=O)c1c(C)n(C2CC2)c2ccc(OC(=O)c3c[nH]c(=O)c(Cl)c3)cc12. The van der Waals surface area contributed by atoms with Crippen LogP contribution in [0, 0.1) is 6.92 Å². The highest BCUT2D eigenvalue weighted by Gasteiger charge is 2.30. The first-order valence-corrected chi connectivity index (χ1v) is 9.11. The van der Waals surface area contributed by atoms with Gasteiger partial charge in [-0.1, -0.05) is 11.6 Å². The maximum absolute atomic E-state index is 12.4. The number of hydrogen-bond donors (Lipinski definition) is 1. The van der Waals surface area contributed by atoms with Crippen LogP contribution in [0.1, 0.15) is 45.3 Å². The van der Waals surface area contributed by atoms with E-state index in [0.29, 0.717) is 17.0 Å². The zero-order valence-electron chi connectivity index (χ0n) is 15.2. The predicted molar refractivity (Wildman–Crippen MR) is 103 cm³/mol. The van der Waals surface area contributed by atoms with Gasteiger partial charge in [0.05, 0.1) is 18.2 Å². The summed E-state index contributed by atoms with van der Waals surface area (Å²) in [7, 11) is 1.34. The second kappa shape index (κ2) is 6.83. The van der Waals surface area contributed by atoms with E-state index in [2.05, 4.69) is 9.55 Å². The van der Waals surface area contributed by atoms with Gasteiger partial charge in [0.2, 0.25) is 0 Å². The number of fused-ring (bicyclic) bond motifs is 1. The number of methoxy groups -OCH3 is 1. The van der Waals surface area contributed by atoms with E-state index in [0.717, 1.165) is 24.1 Å². The number of H-pyrrole nitrogens is 1. The topological polar surface area (TPSA) is 90.4 Å². The minimum atomic E-state index is -0.671. The molecule has 144 valence electrons. The smallest absolute Gasteiger partial charge is 0.345 e. The van der Waals surface area contributed by atoms with Crippen LogP contribution in [0.4, 0.5) is 0 Å². The molecule has 0 unspecified atom stereocenters. The first-order valence-electron chi connectivity index (χ1n) is 8.74. The largest absolute Gasteiger partial charge is 0.465 e. The number of halogens is 1. The van der Waals surface area contributed by atoms with E-state index in [1.807, 2.05) is 13.0 Å². The van der Waals surface area contributed by atoms with Gasteiger partial charge in [-0.05, 0) is 44.0 Å². The van der Waals surface area contributed by atoms with Crippen molar-refractivity contribution >= 4 is 34.4 Å². The molecule has 3 aromatic rings. The van der Waals surface area contributed by atoms with Crippen LogP contribution in [0.5, 0.6) is 5.75 Å². The summed E-state index contributed by atoms with van der Waals surface area (Å²) in [6, 6.07) is 6.77. The second-order valence-corrected chi connectivity index (χ2v) is 7.09. The van der Waals surface area contributed by atoms with Crippen molar-refractivity contribution in [1.29, 1.82) is 0 Å². The van der Waals surface area contributed by atoms with Crippen molar-refractivity contribution in [2.24, 2.45) is 0 Å². The quantitative estimate of drug-likeness (QED) is 0.533. The van der Waals surface area contributed by atoms with Crippen LogP contribution in [0.3, 0.4) is 0 Å². The van der Waals surface area contributed by atoms with E-state index in [1.54, 1.807) is 12.1 Å². The number of nitrogens with zero attached hydrogens (tertiary/aromatic N) is 1. The van der Waals surface area contributed by atoms with E-state index >= 15 is 0 Å². The van der Waals surface area contributed by atoms with Gasteiger partial charge in [0.25, 0.3) is 5.56 Å². The summed E-state index contributed by atoms with van der Waals surface area (Å²) in [4.78, 5) is 38.4. The van der Waals surface area contributed by atoms with Crippen molar-refractivity contribution in [3.63, 3.8) is 0 Å². The van der Waals surface area contributed by atoms with Crippen LogP contribution in [0.25, 0.3) is 10.9 Å². The monoisotopic (exact) mass is 400 g/mol. The molecule has 1 aliphatic carbocycles. The third-order valence-corrected chi connectivity index (χ3v) is 5.11. The molecule has 0 bridgehead atoms. The Kier molecular flexibility index (Phi) is 4.47. The van der Waals surface area contributed by atoms with Gasteiger partial charge in [0.1, 0.15) is 10.8 Å². The predicted octanol–water partition coefficient (Wildman–Crippen LogP) is 3.63. The first kappa shape index (κ1) is 18.3. The molecule has 0 atom stereocenters. The lowest BCUT2D eigenvalue weighted by molar-refractivity contribution is 0.0601. The molecule has 1 aliphatic rings. The van der Waals surface area contributed by atoms with E-state index in [1.165, 1.54) is 19.4 Å². The third kappa shape index (κ3) is 3.07. The number of carbonyl (C=O) groups excluding carboxylic acids is 2. The molecule has 0 saturated heterocycles. The molecule has 2 heterocycles. The molecule has 1 fully saturated rings. The summed E-state index contributed by atoms with van der Waals surface area (Å²) < 4.78 is 12.5. The molecule has 1 saturated carbocycles. The molecule has 28 heavy (non-hydrogen) atoms. The number of nitrogens with one attached hydrogen (secondary N) is 1. The summed E-state index contributed by atoms with van der Waals surface area (Å²) in [6.45, 7) is 1.89. The number of carbonyl (C=O) groups is 2. The molecular formula is C20H17ClN2O5. The number of benzene rings is 1.